The Morgan fingerprint density at radius 1 is 1.04 bits per heavy atom. The maximum Gasteiger partial charge on any atom is 0.349 e. The van der Waals surface area contributed by atoms with E-state index in [1.807, 2.05) is 0 Å². The van der Waals surface area contributed by atoms with Crippen molar-refractivity contribution in [1.82, 2.24) is 0 Å². The van der Waals surface area contributed by atoms with Gasteiger partial charge in [-0.2, -0.15) is 0 Å². The van der Waals surface area contributed by atoms with Crippen molar-refractivity contribution < 1.29 is 32.9 Å². The lowest BCUT2D eigenvalue weighted by Crippen LogP contribution is -2.39. The highest BCUT2D eigenvalue weighted by Gasteiger charge is 2.32. The Balaban J connectivity index is 2.62. The van der Waals surface area contributed by atoms with Crippen LogP contribution in [0, 0.1) is 5.82 Å². The van der Waals surface area contributed by atoms with Crippen LogP contribution >= 0.6 is 0 Å². The van der Waals surface area contributed by atoms with Crippen LogP contribution in [0.5, 0.6) is 11.5 Å². The number of benzene rings is 2. The van der Waals surface area contributed by atoms with Crippen LogP contribution in [0.2, 0.25) is 0 Å². The summed E-state index contributed by atoms with van der Waals surface area (Å²) in [7, 11) is 2.71. The third-order valence-corrected chi connectivity index (χ3v) is 4.00. The molecule has 7 heteroatoms. The van der Waals surface area contributed by atoms with Gasteiger partial charge in [0.15, 0.2) is 5.60 Å². The third-order valence-electron chi connectivity index (χ3n) is 4.00. The van der Waals surface area contributed by atoms with Crippen LogP contribution in [-0.4, -0.2) is 38.4 Å². The van der Waals surface area contributed by atoms with E-state index in [2.05, 4.69) is 0 Å². The fraction of sp³-hybridized carbons (Fsp3) is 0.333. The minimum absolute atomic E-state index is 0.133. The van der Waals surface area contributed by atoms with Gasteiger partial charge in [-0.3, -0.25) is 0 Å². The van der Waals surface area contributed by atoms with Crippen LogP contribution in [0.1, 0.15) is 31.1 Å². The first-order valence-corrected chi connectivity index (χ1v) is 8.66. The van der Waals surface area contributed by atoms with Gasteiger partial charge in [0.2, 0.25) is 0 Å². The number of carbonyl (C=O) groups excluding carboxylic acids is 2. The number of halogens is 1. The van der Waals surface area contributed by atoms with Gasteiger partial charge in [0.25, 0.3) is 0 Å². The summed E-state index contributed by atoms with van der Waals surface area (Å²) in [4.78, 5) is 24.1. The van der Waals surface area contributed by atoms with Gasteiger partial charge in [-0.25, -0.2) is 14.0 Å². The number of rotatable bonds is 7. The number of esters is 2. The molecule has 2 aromatic carbocycles. The Labute approximate surface area is 163 Å². The van der Waals surface area contributed by atoms with Crippen LogP contribution < -0.4 is 9.47 Å². The second-order valence-corrected chi connectivity index (χ2v) is 6.38. The van der Waals surface area contributed by atoms with Gasteiger partial charge in [-0.15, -0.1) is 0 Å². The Kier molecular flexibility index (Phi) is 6.62. The van der Waals surface area contributed by atoms with E-state index in [1.165, 1.54) is 64.5 Å². The van der Waals surface area contributed by atoms with E-state index in [9.17, 15) is 14.0 Å². The van der Waals surface area contributed by atoms with Crippen molar-refractivity contribution in [3.8, 4) is 22.6 Å². The Morgan fingerprint density at radius 3 is 2.36 bits per heavy atom. The molecule has 0 bridgehead atoms. The Morgan fingerprint density at radius 2 is 1.75 bits per heavy atom. The molecule has 0 saturated carbocycles. The molecular weight excluding hydrogens is 367 g/mol. The molecule has 28 heavy (non-hydrogen) atoms. The molecule has 0 unspecified atom stereocenters. The van der Waals surface area contributed by atoms with Crippen molar-refractivity contribution in [1.29, 1.82) is 0 Å². The highest BCUT2D eigenvalue weighted by Crippen LogP contribution is 2.37. The number of hydrogen-bond donors (Lipinski definition) is 0. The zero-order chi connectivity index (χ0) is 20.9. The molecule has 2 aromatic rings. The van der Waals surface area contributed by atoms with E-state index in [0.29, 0.717) is 11.3 Å². The van der Waals surface area contributed by atoms with Crippen LogP contribution in [0.3, 0.4) is 0 Å². The molecule has 0 aliphatic carbocycles. The van der Waals surface area contributed by atoms with E-state index < -0.39 is 23.4 Å². The molecule has 0 amide bonds. The summed E-state index contributed by atoms with van der Waals surface area (Å²) in [6, 6.07) is 8.72. The zero-order valence-electron chi connectivity index (χ0n) is 16.5. The molecule has 0 spiro atoms. The van der Waals surface area contributed by atoms with Crippen LogP contribution in [0.25, 0.3) is 11.1 Å². The molecule has 0 atom stereocenters. The fourth-order valence-electron chi connectivity index (χ4n) is 2.57. The maximum atomic E-state index is 14.5. The average molecular weight is 390 g/mol. The number of ether oxygens (including phenoxy) is 4. The van der Waals surface area contributed by atoms with Crippen LogP contribution in [0.4, 0.5) is 4.39 Å². The predicted molar refractivity (Wildman–Crippen MR) is 101 cm³/mol. The maximum absolute atomic E-state index is 14.5. The summed E-state index contributed by atoms with van der Waals surface area (Å²) in [5.74, 6) is -1.10. The normalized spacial score (nSPS) is 10.9. The van der Waals surface area contributed by atoms with Gasteiger partial charge in [0, 0.05) is 11.1 Å². The van der Waals surface area contributed by atoms with Crippen molar-refractivity contribution in [3.63, 3.8) is 0 Å². The topological polar surface area (TPSA) is 71.1 Å². The van der Waals surface area contributed by atoms with Crippen molar-refractivity contribution in [2.45, 2.75) is 26.4 Å². The number of hydrogen-bond acceptors (Lipinski definition) is 6. The third kappa shape index (κ3) is 4.60. The Bertz CT molecular complexity index is 875. The zero-order valence-corrected chi connectivity index (χ0v) is 16.5. The first-order valence-electron chi connectivity index (χ1n) is 8.66. The van der Waals surface area contributed by atoms with Gasteiger partial charge in [-0.1, -0.05) is 0 Å². The molecule has 0 saturated heterocycles. The highest BCUT2D eigenvalue weighted by atomic mass is 19.1. The molecular formula is C21H23FO6. The van der Waals surface area contributed by atoms with E-state index in [4.69, 9.17) is 18.9 Å². The van der Waals surface area contributed by atoms with Crippen LogP contribution in [0.15, 0.2) is 36.4 Å². The van der Waals surface area contributed by atoms with Crippen molar-refractivity contribution in [3.05, 3.63) is 47.8 Å². The SMILES string of the molecule is CCOC(=O)c1ccc(-c2cc(OC)ccc2F)c(OC(C)(C)C(=O)OC)c1. The summed E-state index contributed by atoms with van der Waals surface area (Å²) in [5.41, 5.74) is -0.608. The summed E-state index contributed by atoms with van der Waals surface area (Å²) in [6.07, 6.45) is 0. The van der Waals surface area contributed by atoms with Gasteiger partial charge in [0.1, 0.15) is 17.3 Å². The van der Waals surface area contributed by atoms with Gasteiger partial charge in [0.05, 0.1) is 26.4 Å². The molecule has 0 aromatic heterocycles. The van der Waals surface area contributed by atoms with Gasteiger partial charge in [-0.05, 0) is 57.2 Å². The standard InChI is InChI=1S/C21H23FO6/c1-6-27-19(23)13-7-9-15(16-12-14(25-4)8-10-17(16)22)18(11-13)28-21(2,3)20(24)26-5/h7-12H,6H2,1-5H3. The summed E-state index contributed by atoms with van der Waals surface area (Å²) in [5, 5.41) is 0. The van der Waals surface area contributed by atoms with Gasteiger partial charge >= 0.3 is 11.9 Å². The average Bonchev–Trinajstić information content (AvgIpc) is 2.67. The molecule has 0 heterocycles. The summed E-state index contributed by atoms with van der Waals surface area (Å²) >= 11 is 0. The van der Waals surface area contributed by atoms with Crippen molar-refractivity contribution in [2.75, 3.05) is 20.8 Å². The monoisotopic (exact) mass is 390 g/mol. The lowest BCUT2D eigenvalue weighted by molar-refractivity contribution is -0.156. The van der Waals surface area contributed by atoms with E-state index in [1.54, 1.807) is 6.92 Å². The van der Waals surface area contributed by atoms with Crippen molar-refractivity contribution in [2.24, 2.45) is 0 Å². The summed E-state index contributed by atoms with van der Waals surface area (Å²) < 4.78 is 35.3. The number of carbonyl (C=O) groups is 2. The molecule has 0 N–H and O–H groups in total. The second kappa shape index (κ2) is 8.73. The number of methoxy groups -OCH3 is 2. The lowest BCUT2D eigenvalue weighted by atomic mass is 10.0. The minimum atomic E-state index is -1.37. The molecule has 0 fully saturated rings. The van der Waals surface area contributed by atoms with Crippen LogP contribution in [-0.2, 0) is 14.3 Å². The summed E-state index contributed by atoms with van der Waals surface area (Å²) in [6.45, 7) is 4.92. The Hall–Kier alpha value is -3.09. The smallest absolute Gasteiger partial charge is 0.349 e. The lowest BCUT2D eigenvalue weighted by Gasteiger charge is -2.25. The quantitative estimate of drug-likeness (QED) is 0.666. The fourth-order valence-corrected chi connectivity index (χ4v) is 2.57. The minimum Gasteiger partial charge on any atom is -0.497 e. The second-order valence-electron chi connectivity index (χ2n) is 6.38. The van der Waals surface area contributed by atoms with Crippen molar-refractivity contribution >= 4 is 11.9 Å². The molecule has 2 rings (SSSR count). The van der Waals surface area contributed by atoms with E-state index >= 15 is 0 Å². The molecule has 0 radical (unpaired) electrons. The first-order chi connectivity index (χ1) is 13.2. The molecule has 0 aliphatic rings. The largest absolute Gasteiger partial charge is 0.497 e. The van der Waals surface area contributed by atoms with E-state index in [0.717, 1.165) is 0 Å². The van der Waals surface area contributed by atoms with Gasteiger partial charge < -0.3 is 18.9 Å². The predicted octanol–water partition coefficient (Wildman–Crippen LogP) is 4.01. The molecule has 6 nitrogen and oxygen atoms in total. The molecule has 0 aliphatic heterocycles. The molecule has 150 valence electrons. The highest BCUT2D eigenvalue weighted by molar-refractivity contribution is 5.91. The first kappa shape index (κ1) is 21.2. The van der Waals surface area contributed by atoms with E-state index in [-0.39, 0.29) is 23.5 Å².